The van der Waals surface area contributed by atoms with Crippen molar-refractivity contribution in [2.45, 2.75) is 0 Å². The van der Waals surface area contributed by atoms with Gasteiger partial charge < -0.3 is 5.73 Å². The summed E-state index contributed by atoms with van der Waals surface area (Å²) in [5.41, 5.74) is 7.32. The average Bonchev–Trinajstić information content (AvgIpc) is 1.88. The van der Waals surface area contributed by atoms with Crippen LogP contribution in [-0.4, -0.2) is 0 Å². The Kier molecular flexibility index (Phi) is 2.12. The minimum Gasteiger partial charge on any atom is -0.399 e. The number of hydrogen-bond acceptors (Lipinski definition) is 1. The molecule has 0 aromatic heterocycles. The largest absolute Gasteiger partial charge is 0.399 e. The molecular weight excluding hydrogens is 190 g/mol. The van der Waals surface area contributed by atoms with Gasteiger partial charge in [0.05, 0.1) is 0 Å². The first-order valence-electron chi connectivity index (χ1n) is 2.90. The van der Waals surface area contributed by atoms with Crippen LogP contribution >= 0.6 is 15.9 Å². The van der Waals surface area contributed by atoms with Crippen molar-refractivity contribution in [3.05, 3.63) is 36.4 Å². The SMILES string of the molecule is C=C(Br)c1cccc(N)c1. The van der Waals surface area contributed by atoms with Gasteiger partial charge in [0.25, 0.3) is 0 Å². The zero-order valence-corrected chi connectivity index (χ0v) is 7.06. The summed E-state index contributed by atoms with van der Waals surface area (Å²) >= 11 is 3.27. The molecule has 0 bridgehead atoms. The van der Waals surface area contributed by atoms with Gasteiger partial charge in [-0.2, -0.15) is 0 Å². The van der Waals surface area contributed by atoms with E-state index in [9.17, 15) is 0 Å². The summed E-state index contributed by atoms with van der Waals surface area (Å²) in [4.78, 5) is 0. The maximum absolute atomic E-state index is 5.53. The Labute approximate surface area is 68.7 Å². The molecule has 1 rings (SSSR count). The summed E-state index contributed by atoms with van der Waals surface area (Å²) in [6.07, 6.45) is 0. The van der Waals surface area contributed by atoms with Crippen molar-refractivity contribution in [3.8, 4) is 0 Å². The molecule has 2 heteroatoms. The Balaban J connectivity index is 3.07. The van der Waals surface area contributed by atoms with Gasteiger partial charge in [0, 0.05) is 10.2 Å². The third-order valence-corrected chi connectivity index (χ3v) is 1.66. The molecule has 0 saturated carbocycles. The number of benzene rings is 1. The highest BCUT2D eigenvalue weighted by molar-refractivity contribution is 9.15. The number of rotatable bonds is 1. The summed E-state index contributed by atoms with van der Waals surface area (Å²) in [7, 11) is 0. The maximum Gasteiger partial charge on any atom is 0.0320 e. The third kappa shape index (κ3) is 1.61. The Hall–Kier alpha value is -0.760. The Bertz CT molecular complexity index is 255. The minimum absolute atomic E-state index is 0.762. The molecule has 0 atom stereocenters. The van der Waals surface area contributed by atoms with E-state index in [-0.39, 0.29) is 0 Å². The smallest absolute Gasteiger partial charge is 0.0320 e. The molecule has 10 heavy (non-hydrogen) atoms. The first-order chi connectivity index (χ1) is 4.70. The molecule has 0 heterocycles. The van der Waals surface area contributed by atoms with Gasteiger partial charge in [-0.3, -0.25) is 0 Å². The number of nitrogen functional groups attached to an aromatic ring is 1. The zero-order chi connectivity index (χ0) is 7.56. The van der Waals surface area contributed by atoms with Crippen molar-refractivity contribution < 1.29 is 0 Å². The maximum atomic E-state index is 5.53. The van der Waals surface area contributed by atoms with Crippen molar-refractivity contribution in [1.29, 1.82) is 0 Å². The molecule has 1 aromatic rings. The second-order valence-electron chi connectivity index (χ2n) is 2.03. The second kappa shape index (κ2) is 2.88. The zero-order valence-electron chi connectivity index (χ0n) is 5.47. The van der Waals surface area contributed by atoms with Crippen LogP contribution in [0.5, 0.6) is 0 Å². The molecule has 2 N–H and O–H groups in total. The molecule has 1 nitrogen and oxygen atoms in total. The number of anilines is 1. The molecule has 0 aliphatic rings. The van der Waals surface area contributed by atoms with Gasteiger partial charge in [-0.15, -0.1) is 0 Å². The van der Waals surface area contributed by atoms with Crippen LogP contribution in [0.15, 0.2) is 30.8 Å². The van der Waals surface area contributed by atoms with E-state index in [0.717, 1.165) is 15.7 Å². The molecule has 1 aromatic carbocycles. The van der Waals surface area contributed by atoms with Crippen LogP contribution in [-0.2, 0) is 0 Å². The predicted octanol–water partition coefficient (Wildman–Crippen LogP) is 2.63. The molecule has 0 fully saturated rings. The number of hydrogen-bond donors (Lipinski definition) is 1. The van der Waals surface area contributed by atoms with Crippen molar-refractivity contribution in [2.24, 2.45) is 0 Å². The van der Waals surface area contributed by atoms with Crippen LogP contribution in [0.1, 0.15) is 5.56 Å². The highest BCUT2D eigenvalue weighted by Gasteiger charge is 1.92. The van der Waals surface area contributed by atoms with E-state index in [1.54, 1.807) is 0 Å². The summed E-state index contributed by atoms with van der Waals surface area (Å²) in [5.74, 6) is 0. The van der Waals surface area contributed by atoms with E-state index in [2.05, 4.69) is 22.5 Å². The van der Waals surface area contributed by atoms with Gasteiger partial charge in [0.15, 0.2) is 0 Å². The standard InChI is InChI=1S/C8H8BrN/c1-6(9)7-3-2-4-8(10)5-7/h2-5H,1,10H2. The lowest BCUT2D eigenvalue weighted by molar-refractivity contribution is 1.64. The highest BCUT2D eigenvalue weighted by atomic mass is 79.9. The number of halogens is 1. The second-order valence-corrected chi connectivity index (χ2v) is 2.99. The molecule has 0 amide bonds. The monoisotopic (exact) mass is 197 g/mol. The van der Waals surface area contributed by atoms with Crippen LogP contribution < -0.4 is 5.73 Å². The fourth-order valence-corrected chi connectivity index (χ4v) is 0.954. The molecule has 0 aliphatic heterocycles. The van der Waals surface area contributed by atoms with Crippen LogP contribution in [0.3, 0.4) is 0 Å². The van der Waals surface area contributed by atoms with Gasteiger partial charge in [-0.05, 0) is 17.7 Å². The first-order valence-corrected chi connectivity index (χ1v) is 3.70. The van der Waals surface area contributed by atoms with E-state index in [1.807, 2.05) is 24.3 Å². The lowest BCUT2D eigenvalue weighted by atomic mass is 10.2. The summed E-state index contributed by atoms with van der Waals surface area (Å²) in [6, 6.07) is 7.57. The van der Waals surface area contributed by atoms with Crippen molar-refractivity contribution >= 4 is 26.1 Å². The summed E-state index contributed by atoms with van der Waals surface area (Å²) in [5, 5.41) is 0. The van der Waals surface area contributed by atoms with E-state index in [4.69, 9.17) is 5.73 Å². The topological polar surface area (TPSA) is 26.0 Å². The van der Waals surface area contributed by atoms with E-state index in [0.29, 0.717) is 0 Å². The molecule has 0 radical (unpaired) electrons. The molecular formula is C8H8BrN. The Morgan fingerprint density at radius 1 is 1.50 bits per heavy atom. The van der Waals surface area contributed by atoms with Crippen molar-refractivity contribution in [2.75, 3.05) is 5.73 Å². The summed E-state index contributed by atoms with van der Waals surface area (Å²) < 4.78 is 0.861. The van der Waals surface area contributed by atoms with E-state index >= 15 is 0 Å². The molecule has 0 saturated heterocycles. The van der Waals surface area contributed by atoms with Crippen LogP contribution in [0.25, 0.3) is 4.48 Å². The molecule has 52 valence electrons. The molecule has 0 unspecified atom stereocenters. The van der Waals surface area contributed by atoms with Crippen molar-refractivity contribution in [1.82, 2.24) is 0 Å². The average molecular weight is 198 g/mol. The lowest BCUT2D eigenvalue weighted by Gasteiger charge is -1.97. The fraction of sp³-hybridized carbons (Fsp3) is 0. The quantitative estimate of drug-likeness (QED) is 0.689. The Morgan fingerprint density at radius 3 is 2.60 bits per heavy atom. The first kappa shape index (κ1) is 7.35. The normalized spacial score (nSPS) is 9.30. The van der Waals surface area contributed by atoms with Crippen LogP contribution in [0.2, 0.25) is 0 Å². The molecule has 0 aliphatic carbocycles. The molecule has 0 spiro atoms. The Morgan fingerprint density at radius 2 is 2.20 bits per heavy atom. The summed E-state index contributed by atoms with van der Waals surface area (Å²) in [6.45, 7) is 3.73. The van der Waals surface area contributed by atoms with Crippen LogP contribution in [0.4, 0.5) is 5.69 Å². The minimum atomic E-state index is 0.762. The number of nitrogens with two attached hydrogens (primary N) is 1. The lowest BCUT2D eigenvalue weighted by Crippen LogP contribution is -1.84. The van der Waals surface area contributed by atoms with Crippen molar-refractivity contribution in [3.63, 3.8) is 0 Å². The van der Waals surface area contributed by atoms with E-state index < -0.39 is 0 Å². The van der Waals surface area contributed by atoms with Gasteiger partial charge in [0.1, 0.15) is 0 Å². The van der Waals surface area contributed by atoms with E-state index in [1.165, 1.54) is 0 Å². The van der Waals surface area contributed by atoms with Gasteiger partial charge in [-0.1, -0.05) is 34.6 Å². The van der Waals surface area contributed by atoms with Gasteiger partial charge >= 0.3 is 0 Å². The highest BCUT2D eigenvalue weighted by Crippen LogP contribution is 2.19. The van der Waals surface area contributed by atoms with Crippen LogP contribution in [0, 0.1) is 0 Å². The predicted molar refractivity (Wildman–Crippen MR) is 48.8 cm³/mol. The van der Waals surface area contributed by atoms with Gasteiger partial charge in [-0.25, -0.2) is 0 Å². The third-order valence-electron chi connectivity index (χ3n) is 1.20. The van der Waals surface area contributed by atoms with Gasteiger partial charge in [0.2, 0.25) is 0 Å². The fourth-order valence-electron chi connectivity index (χ4n) is 0.707.